The standard InChI is InChI=1S/C22H35ClFN4O8PS2/c1-12(2)35-17(30)13(3)27-37(38,33-9-10-39-19(31)21(4,5)6)34-11-14-16(29)22(23,24)18(36-14)28-8-7-15(25)26-20(28)32/h7-8,12-14,16,18,29H,9-11H2,1-6H3,(H,27,38)(H2,25,26,32)/t13-,14-,16-,18-,22-,37+/m1/s1. The topological polar surface area (TPSA) is 164 Å². The Morgan fingerprint density at radius 2 is 2.05 bits per heavy atom. The van der Waals surface area contributed by atoms with Gasteiger partial charge in [-0.1, -0.05) is 44.1 Å². The van der Waals surface area contributed by atoms with E-state index in [2.05, 4.69) is 10.1 Å². The molecule has 0 radical (unpaired) electrons. The van der Waals surface area contributed by atoms with Gasteiger partial charge in [-0.25, -0.2) is 14.3 Å². The summed E-state index contributed by atoms with van der Waals surface area (Å²) in [7, 11) is 0. The number of aromatic nitrogens is 2. The third kappa shape index (κ3) is 9.44. The number of nitrogens with two attached hydrogens (primary N) is 1. The summed E-state index contributed by atoms with van der Waals surface area (Å²) < 4.78 is 38.3. The molecule has 1 saturated heterocycles. The van der Waals surface area contributed by atoms with Crippen molar-refractivity contribution in [2.45, 2.75) is 77.3 Å². The number of esters is 1. The van der Waals surface area contributed by atoms with Crippen molar-refractivity contribution in [3.05, 3.63) is 22.7 Å². The monoisotopic (exact) mass is 632 g/mol. The van der Waals surface area contributed by atoms with Gasteiger partial charge in [-0.3, -0.25) is 14.2 Å². The number of ether oxygens (including phenoxy) is 2. The van der Waals surface area contributed by atoms with E-state index in [9.17, 15) is 19.5 Å². The van der Waals surface area contributed by atoms with Gasteiger partial charge in [0.05, 0.1) is 19.3 Å². The molecule has 0 amide bonds. The molecule has 0 aliphatic carbocycles. The zero-order valence-corrected chi connectivity index (χ0v) is 25.7. The number of nitrogens with one attached hydrogen (secondary N) is 1. The first-order valence-corrected chi connectivity index (χ1v) is 16.0. The third-order valence-corrected chi connectivity index (χ3v) is 9.46. The zero-order valence-electron chi connectivity index (χ0n) is 22.5. The summed E-state index contributed by atoms with van der Waals surface area (Å²) in [5.41, 5.74) is 3.99. The summed E-state index contributed by atoms with van der Waals surface area (Å²) in [6, 6.07) is 0.294. The summed E-state index contributed by atoms with van der Waals surface area (Å²) in [4.78, 5) is 40.3. The molecule has 1 aromatic rings. The van der Waals surface area contributed by atoms with Crippen LogP contribution < -0.4 is 16.5 Å². The number of hydrogen-bond donors (Lipinski definition) is 3. The van der Waals surface area contributed by atoms with Crippen LogP contribution in [0.3, 0.4) is 0 Å². The van der Waals surface area contributed by atoms with Crippen LogP contribution in [0.4, 0.5) is 10.2 Å². The van der Waals surface area contributed by atoms with Gasteiger partial charge in [-0.05, 0) is 38.6 Å². The predicted molar refractivity (Wildman–Crippen MR) is 149 cm³/mol. The fourth-order valence-corrected chi connectivity index (χ4v) is 6.69. The number of carbonyl (C=O) groups excluding carboxylic acids is 2. The number of anilines is 1. The predicted octanol–water partition coefficient (Wildman–Crippen LogP) is 2.48. The zero-order chi connectivity index (χ0) is 29.8. The molecule has 1 aromatic heterocycles. The Hall–Kier alpha value is -1.16. The fraction of sp³-hybridized carbons (Fsp3) is 0.727. The van der Waals surface area contributed by atoms with Crippen molar-refractivity contribution in [2.75, 3.05) is 24.7 Å². The highest BCUT2D eigenvalue weighted by Crippen LogP contribution is 2.48. The Labute approximate surface area is 240 Å². The van der Waals surface area contributed by atoms with Crippen molar-refractivity contribution in [1.82, 2.24) is 14.6 Å². The van der Waals surface area contributed by atoms with Gasteiger partial charge in [-0.2, -0.15) is 4.98 Å². The molecule has 1 aliphatic rings. The number of halogens is 2. The molecule has 1 fully saturated rings. The lowest BCUT2D eigenvalue weighted by molar-refractivity contribution is -0.149. The summed E-state index contributed by atoms with van der Waals surface area (Å²) >= 11 is 12.6. The van der Waals surface area contributed by atoms with Gasteiger partial charge in [0.25, 0.3) is 11.8 Å². The average molecular weight is 633 g/mol. The van der Waals surface area contributed by atoms with Crippen LogP contribution in [0.5, 0.6) is 0 Å². The Morgan fingerprint density at radius 1 is 1.41 bits per heavy atom. The van der Waals surface area contributed by atoms with Gasteiger partial charge in [0, 0.05) is 17.4 Å². The molecule has 222 valence electrons. The molecule has 0 bridgehead atoms. The maximum Gasteiger partial charge on any atom is 0.351 e. The maximum absolute atomic E-state index is 15.3. The van der Waals surface area contributed by atoms with Crippen molar-refractivity contribution in [3.63, 3.8) is 0 Å². The summed E-state index contributed by atoms with van der Waals surface area (Å²) in [5.74, 6) is -0.457. The molecule has 4 N–H and O–H groups in total. The molecular formula is C22H35ClFN4O8PS2. The van der Waals surface area contributed by atoms with Gasteiger partial charge < -0.3 is 29.4 Å². The number of hydrogen-bond acceptors (Lipinski definition) is 12. The molecule has 0 unspecified atom stereocenters. The summed E-state index contributed by atoms with van der Waals surface area (Å²) in [6.45, 7) is 6.20. The molecule has 1 aliphatic heterocycles. The maximum atomic E-state index is 15.3. The van der Waals surface area contributed by atoms with E-state index < -0.39 is 59.9 Å². The van der Waals surface area contributed by atoms with E-state index in [0.717, 1.165) is 22.5 Å². The van der Waals surface area contributed by atoms with E-state index in [1.165, 1.54) is 13.0 Å². The SMILES string of the molecule is CC(C)OC(=O)[C@@H](C)N[P@](=S)(OCCSC(=O)C(C)(C)C)OC[C@H]1O[C@@H](n2ccc(N)nc2=O)[C@@](F)(Cl)[C@@H]1O. The minimum Gasteiger partial charge on any atom is -0.462 e. The van der Waals surface area contributed by atoms with Crippen molar-refractivity contribution in [3.8, 4) is 0 Å². The number of nitrogen functional groups attached to an aromatic ring is 1. The molecule has 0 saturated carbocycles. The smallest absolute Gasteiger partial charge is 0.351 e. The van der Waals surface area contributed by atoms with Crippen molar-refractivity contribution >= 4 is 58.7 Å². The molecular weight excluding hydrogens is 598 g/mol. The van der Waals surface area contributed by atoms with E-state index in [1.54, 1.807) is 34.6 Å². The molecule has 39 heavy (non-hydrogen) atoms. The second-order valence-corrected chi connectivity index (χ2v) is 14.9. The van der Waals surface area contributed by atoms with E-state index in [-0.39, 0.29) is 29.4 Å². The van der Waals surface area contributed by atoms with Gasteiger partial charge in [-0.15, -0.1) is 0 Å². The van der Waals surface area contributed by atoms with E-state index in [0.29, 0.717) is 0 Å². The molecule has 12 nitrogen and oxygen atoms in total. The highest BCUT2D eigenvalue weighted by molar-refractivity contribution is 8.13. The van der Waals surface area contributed by atoms with E-state index in [4.69, 9.17) is 47.7 Å². The van der Waals surface area contributed by atoms with Gasteiger partial charge >= 0.3 is 11.7 Å². The van der Waals surface area contributed by atoms with Crippen LogP contribution in [-0.2, 0) is 39.9 Å². The molecule has 2 heterocycles. The van der Waals surface area contributed by atoms with Crippen LogP contribution in [0.1, 0.15) is 47.8 Å². The van der Waals surface area contributed by atoms with Gasteiger partial charge in [0.1, 0.15) is 24.1 Å². The van der Waals surface area contributed by atoms with Crippen LogP contribution in [-0.4, -0.2) is 74.2 Å². The molecule has 0 spiro atoms. The van der Waals surface area contributed by atoms with Crippen LogP contribution in [0.2, 0.25) is 0 Å². The Kier molecular flexibility index (Phi) is 11.9. The summed E-state index contributed by atoms with van der Waals surface area (Å²) in [5, 5.41) is 10.4. The normalized spacial score (nSPS) is 25.8. The first-order chi connectivity index (χ1) is 17.9. The minimum atomic E-state index is -3.50. The van der Waals surface area contributed by atoms with E-state index in [1.807, 2.05) is 0 Å². The second-order valence-electron chi connectivity index (χ2n) is 10.0. The lowest BCUT2D eigenvalue weighted by Crippen LogP contribution is -2.41. The highest BCUT2D eigenvalue weighted by atomic mass is 35.5. The summed E-state index contributed by atoms with van der Waals surface area (Å²) in [6.07, 6.45) is -4.33. The minimum absolute atomic E-state index is 0.0194. The fourth-order valence-electron chi connectivity index (χ4n) is 3.13. The van der Waals surface area contributed by atoms with Crippen LogP contribution in [0.15, 0.2) is 17.1 Å². The Balaban J connectivity index is 2.16. The van der Waals surface area contributed by atoms with Gasteiger partial charge in [0.15, 0.2) is 11.3 Å². The highest BCUT2D eigenvalue weighted by Gasteiger charge is 2.58. The number of nitrogens with zero attached hydrogens (tertiary/aromatic N) is 2. The lowest BCUT2D eigenvalue weighted by atomic mass is 10.00. The first kappa shape index (κ1) is 34.0. The van der Waals surface area contributed by atoms with E-state index >= 15 is 4.39 Å². The van der Waals surface area contributed by atoms with Crippen molar-refractivity contribution in [1.29, 1.82) is 0 Å². The number of aliphatic hydroxyl groups is 1. The number of thioether (sulfide) groups is 1. The van der Waals surface area contributed by atoms with Crippen LogP contribution in [0, 0.1) is 5.41 Å². The molecule has 17 heteroatoms. The number of carbonyl (C=O) groups is 2. The average Bonchev–Trinajstić information content (AvgIpc) is 3.03. The van der Waals surface area contributed by atoms with Crippen molar-refractivity contribution in [2.24, 2.45) is 5.41 Å². The van der Waals surface area contributed by atoms with Crippen LogP contribution in [0.25, 0.3) is 0 Å². The quantitative estimate of drug-likeness (QED) is 0.133. The largest absolute Gasteiger partial charge is 0.462 e. The number of rotatable bonds is 12. The second kappa shape index (κ2) is 13.7. The molecule has 6 atom stereocenters. The Morgan fingerprint density at radius 3 is 2.62 bits per heavy atom. The number of aliphatic hydroxyl groups excluding tert-OH is 1. The lowest BCUT2D eigenvalue weighted by Gasteiger charge is -2.28. The number of alkyl halides is 2. The first-order valence-electron chi connectivity index (χ1n) is 12.0. The third-order valence-electron chi connectivity index (χ3n) is 5.14. The molecule has 0 aromatic carbocycles. The Bertz CT molecular complexity index is 1140. The molecule has 2 rings (SSSR count). The van der Waals surface area contributed by atoms with Crippen molar-refractivity contribution < 1.29 is 37.6 Å². The van der Waals surface area contributed by atoms with Gasteiger partial charge in [0.2, 0.25) is 0 Å². The van der Waals surface area contributed by atoms with Crippen LogP contribution >= 0.6 is 30.0 Å².